The number of hydrogen-bond acceptors (Lipinski definition) is 5. The molecule has 0 saturated heterocycles. The van der Waals surface area contributed by atoms with Crippen molar-refractivity contribution in [3.63, 3.8) is 0 Å². The summed E-state index contributed by atoms with van der Waals surface area (Å²) in [5.41, 5.74) is 0. The molecular formula is C13H22O5. The van der Waals surface area contributed by atoms with Crippen LogP contribution in [-0.2, 0) is 19.3 Å². The van der Waals surface area contributed by atoms with Crippen LogP contribution in [0.2, 0.25) is 0 Å². The van der Waals surface area contributed by atoms with Crippen molar-refractivity contribution >= 4 is 12.1 Å². The summed E-state index contributed by atoms with van der Waals surface area (Å²) in [5, 5.41) is 0. The van der Waals surface area contributed by atoms with Crippen molar-refractivity contribution in [2.24, 2.45) is 11.8 Å². The van der Waals surface area contributed by atoms with Gasteiger partial charge in [-0.1, -0.05) is 20.3 Å². The normalized spacial score (nSPS) is 23.2. The standard InChI is InChI=1S/C13H22O5/c1-3-4-9-16-13(15)18-17-12(14)11-7-5-10(2)6-8-11/h10-11H,3-9H2,1-2H3. The minimum atomic E-state index is -0.944. The molecule has 0 aromatic carbocycles. The van der Waals surface area contributed by atoms with E-state index in [0.29, 0.717) is 5.92 Å². The maximum absolute atomic E-state index is 11.6. The lowest BCUT2D eigenvalue weighted by molar-refractivity contribution is -0.248. The second-order valence-corrected chi connectivity index (χ2v) is 4.89. The molecule has 0 heterocycles. The van der Waals surface area contributed by atoms with Gasteiger partial charge in [-0.25, -0.2) is 14.6 Å². The van der Waals surface area contributed by atoms with Crippen LogP contribution in [0.3, 0.4) is 0 Å². The molecule has 1 aliphatic carbocycles. The number of ether oxygens (including phenoxy) is 1. The van der Waals surface area contributed by atoms with Crippen molar-refractivity contribution in [3.05, 3.63) is 0 Å². The molecule has 5 nitrogen and oxygen atoms in total. The molecule has 0 spiro atoms. The molecule has 1 saturated carbocycles. The Morgan fingerprint density at radius 3 is 2.39 bits per heavy atom. The molecule has 0 amide bonds. The molecule has 1 fully saturated rings. The van der Waals surface area contributed by atoms with Crippen molar-refractivity contribution < 1.29 is 24.1 Å². The minimum Gasteiger partial charge on any atom is -0.432 e. The van der Waals surface area contributed by atoms with Gasteiger partial charge in [-0.2, -0.15) is 4.79 Å². The van der Waals surface area contributed by atoms with E-state index in [-0.39, 0.29) is 12.5 Å². The maximum atomic E-state index is 11.6. The SMILES string of the molecule is CCCCOC(=O)OOC(=O)C1CCC(C)CC1. The first-order valence-electron chi connectivity index (χ1n) is 6.68. The van der Waals surface area contributed by atoms with Gasteiger partial charge in [0.05, 0.1) is 12.5 Å². The molecule has 0 aliphatic heterocycles. The van der Waals surface area contributed by atoms with Gasteiger partial charge < -0.3 is 4.74 Å². The maximum Gasteiger partial charge on any atom is 0.549 e. The van der Waals surface area contributed by atoms with Gasteiger partial charge in [0.25, 0.3) is 0 Å². The fourth-order valence-corrected chi connectivity index (χ4v) is 1.96. The fraction of sp³-hybridized carbons (Fsp3) is 0.846. The van der Waals surface area contributed by atoms with E-state index in [1.54, 1.807) is 0 Å². The highest BCUT2D eigenvalue weighted by Gasteiger charge is 2.27. The van der Waals surface area contributed by atoms with Crippen LogP contribution in [-0.4, -0.2) is 18.7 Å². The van der Waals surface area contributed by atoms with Gasteiger partial charge >= 0.3 is 12.1 Å². The Balaban J connectivity index is 2.14. The third kappa shape index (κ3) is 5.38. The number of carbonyl (C=O) groups excluding carboxylic acids is 2. The lowest BCUT2D eigenvalue weighted by Gasteiger charge is -2.23. The molecule has 1 rings (SSSR count). The lowest BCUT2D eigenvalue weighted by atomic mass is 9.83. The predicted octanol–water partition coefficient (Wildman–Crippen LogP) is 3.22. The molecule has 0 aromatic rings. The highest BCUT2D eigenvalue weighted by Crippen LogP contribution is 2.29. The van der Waals surface area contributed by atoms with Crippen molar-refractivity contribution in [1.82, 2.24) is 0 Å². The monoisotopic (exact) mass is 258 g/mol. The molecule has 5 heteroatoms. The second-order valence-electron chi connectivity index (χ2n) is 4.89. The van der Waals surface area contributed by atoms with Crippen molar-refractivity contribution in [2.75, 3.05) is 6.61 Å². The first kappa shape index (κ1) is 14.8. The highest BCUT2D eigenvalue weighted by molar-refractivity contribution is 5.73. The van der Waals surface area contributed by atoms with E-state index in [0.717, 1.165) is 38.5 Å². The van der Waals surface area contributed by atoms with Crippen LogP contribution in [0.5, 0.6) is 0 Å². The summed E-state index contributed by atoms with van der Waals surface area (Å²) in [7, 11) is 0. The Morgan fingerprint density at radius 2 is 1.78 bits per heavy atom. The summed E-state index contributed by atoms with van der Waals surface area (Å²) in [5.74, 6) is 0.0490. The summed E-state index contributed by atoms with van der Waals surface area (Å²) in [6.07, 6.45) is 4.38. The van der Waals surface area contributed by atoms with E-state index in [4.69, 9.17) is 4.74 Å². The van der Waals surface area contributed by atoms with E-state index in [1.165, 1.54) is 0 Å². The van der Waals surface area contributed by atoms with E-state index in [2.05, 4.69) is 16.7 Å². The molecule has 0 bridgehead atoms. The van der Waals surface area contributed by atoms with E-state index < -0.39 is 12.1 Å². The Bertz CT molecular complexity index is 269. The zero-order chi connectivity index (χ0) is 13.4. The van der Waals surface area contributed by atoms with E-state index in [9.17, 15) is 9.59 Å². The minimum absolute atomic E-state index is 0.148. The summed E-state index contributed by atoms with van der Waals surface area (Å²) in [6, 6.07) is 0. The molecule has 0 aromatic heterocycles. The average molecular weight is 258 g/mol. The van der Waals surface area contributed by atoms with Crippen molar-refractivity contribution in [3.8, 4) is 0 Å². The smallest absolute Gasteiger partial charge is 0.432 e. The number of carbonyl (C=O) groups is 2. The van der Waals surface area contributed by atoms with Gasteiger partial charge in [0, 0.05) is 0 Å². The van der Waals surface area contributed by atoms with Crippen LogP contribution in [0.4, 0.5) is 4.79 Å². The van der Waals surface area contributed by atoms with Crippen LogP contribution in [0.1, 0.15) is 52.4 Å². The van der Waals surface area contributed by atoms with E-state index in [1.807, 2.05) is 6.92 Å². The molecule has 0 N–H and O–H groups in total. The van der Waals surface area contributed by atoms with Gasteiger partial charge in [-0.05, 0) is 38.0 Å². The molecule has 0 atom stereocenters. The van der Waals surface area contributed by atoms with Crippen LogP contribution >= 0.6 is 0 Å². The molecule has 1 aliphatic rings. The van der Waals surface area contributed by atoms with Crippen molar-refractivity contribution in [2.45, 2.75) is 52.4 Å². The zero-order valence-corrected chi connectivity index (χ0v) is 11.1. The van der Waals surface area contributed by atoms with Crippen molar-refractivity contribution in [1.29, 1.82) is 0 Å². The quantitative estimate of drug-likeness (QED) is 0.335. The van der Waals surface area contributed by atoms with Gasteiger partial charge in [-0.3, -0.25) is 0 Å². The summed E-state index contributed by atoms with van der Waals surface area (Å²) in [6.45, 7) is 4.44. The zero-order valence-electron chi connectivity index (χ0n) is 11.1. The summed E-state index contributed by atoms with van der Waals surface area (Å²) < 4.78 is 4.70. The van der Waals surface area contributed by atoms with Crippen LogP contribution in [0.25, 0.3) is 0 Å². The highest BCUT2D eigenvalue weighted by atomic mass is 17.2. The summed E-state index contributed by atoms with van der Waals surface area (Å²) >= 11 is 0. The van der Waals surface area contributed by atoms with Crippen LogP contribution in [0, 0.1) is 11.8 Å². The topological polar surface area (TPSA) is 61.8 Å². The second kappa shape index (κ2) is 7.95. The summed E-state index contributed by atoms with van der Waals surface area (Å²) in [4.78, 5) is 31.4. The van der Waals surface area contributed by atoms with Gasteiger partial charge in [-0.15, -0.1) is 0 Å². The Morgan fingerprint density at radius 1 is 1.11 bits per heavy atom. The van der Waals surface area contributed by atoms with E-state index >= 15 is 0 Å². The molecule has 0 unspecified atom stereocenters. The van der Waals surface area contributed by atoms with Gasteiger partial charge in [0.1, 0.15) is 0 Å². The Labute approximate surface area is 108 Å². The molecular weight excluding hydrogens is 236 g/mol. The molecule has 18 heavy (non-hydrogen) atoms. The van der Waals surface area contributed by atoms with Crippen LogP contribution in [0.15, 0.2) is 0 Å². The Hall–Kier alpha value is -1.26. The fourth-order valence-electron chi connectivity index (χ4n) is 1.96. The molecule has 0 radical (unpaired) electrons. The number of unbranched alkanes of at least 4 members (excludes halogenated alkanes) is 1. The molecule has 104 valence electrons. The first-order chi connectivity index (χ1) is 8.63. The van der Waals surface area contributed by atoms with Gasteiger partial charge in [0.15, 0.2) is 0 Å². The lowest BCUT2D eigenvalue weighted by Crippen LogP contribution is -2.24. The number of rotatable bonds is 4. The largest absolute Gasteiger partial charge is 0.549 e. The van der Waals surface area contributed by atoms with Crippen LogP contribution < -0.4 is 0 Å². The number of hydrogen-bond donors (Lipinski definition) is 0. The predicted molar refractivity (Wildman–Crippen MR) is 64.6 cm³/mol. The third-order valence-electron chi connectivity index (χ3n) is 3.26. The van der Waals surface area contributed by atoms with Gasteiger partial charge in [0.2, 0.25) is 0 Å². The Kier molecular flexibility index (Phi) is 6.54. The average Bonchev–Trinajstić information content (AvgIpc) is 2.37. The first-order valence-corrected chi connectivity index (χ1v) is 6.68. The third-order valence-corrected chi connectivity index (χ3v) is 3.26.